The Morgan fingerprint density at radius 3 is 2.25 bits per heavy atom. The van der Waals surface area contributed by atoms with Crippen molar-refractivity contribution in [3.63, 3.8) is 0 Å². The van der Waals surface area contributed by atoms with Crippen LogP contribution in [0, 0.1) is 0 Å². The van der Waals surface area contributed by atoms with Gasteiger partial charge in [-0.05, 0) is 6.16 Å². The van der Waals surface area contributed by atoms with Gasteiger partial charge in [0.15, 0.2) is 0 Å². The van der Waals surface area contributed by atoms with E-state index < -0.39 is 0 Å². The van der Waals surface area contributed by atoms with E-state index in [1.165, 1.54) is 0 Å². The fourth-order valence-corrected chi connectivity index (χ4v) is 0. The Bertz CT molecular complexity index is 8.00. The van der Waals surface area contributed by atoms with Gasteiger partial charge in [-0.3, -0.25) is 0 Å². The molecule has 0 aliphatic carbocycles. The molecule has 0 saturated heterocycles. The maximum absolute atomic E-state index is 10.8. The predicted molar refractivity (Wildman–Crippen MR) is 20.0 cm³/mol. The molecule has 0 saturated carbocycles. The molecular formula is C2H6FP. The van der Waals surface area contributed by atoms with E-state index in [-0.39, 0.29) is 8.89 Å². The molecule has 0 rings (SSSR count). The molecule has 0 N–H and O–H groups in total. The van der Waals surface area contributed by atoms with Gasteiger partial charge in [0.2, 0.25) is 0 Å². The van der Waals surface area contributed by atoms with Gasteiger partial charge in [0.05, 0.1) is 8.89 Å². The van der Waals surface area contributed by atoms with E-state index in [9.17, 15) is 4.20 Å². The third kappa shape index (κ3) is 2.36. The molecule has 1 atom stereocenters. The minimum Gasteiger partial charge on any atom is -0.231 e. The van der Waals surface area contributed by atoms with Gasteiger partial charge in [0, 0.05) is 0 Å². The summed E-state index contributed by atoms with van der Waals surface area (Å²) in [5.74, 6) is 0. The van der Waals surface area contributed by atoms with Crippen LogP contribution in [-0.4, -0.2) is 6.16 Å². The highest BCUT2D eigenvalue weighted by Crippen LogP contribution is 2.05. The highest BCUT2D eigenvalue weighted by Gasteiger charge is 1.60. The van der Waals surface area contributed by atoms with E-state index in [1.54, 1.807) is 0 Å². The van der Waals surface area contributed by atoms with Crippen LogP contribution in [0.15, 0.2) is 0 Å². The van der Waals surface area contributed by atoms with E-state index in [0.717, 1.165) is 0 Å². The molecular weight excluding hydrogens is 74.0 g/mol. The molecule has 0 radical (unpaired) electrons. The molecule has 0 heterocycles. The number of rotatable bonds is 1. The average molecular weight is 80.0 g/mol. The number of hydrogen-bond acceptors (Lipinski definition) is 0. The van der Waals surface area contributed by atoms with Crippen molar-refractivity contribution in [3.05, 3.63) is 0 Å². The topological polar surface area (TPSA) is 0 Å². The van der Waals surface area contributed by atoms with Crippen LogP contribution < -0.4 is 0 Å². The predicted octanol–water partition coefficient (Wildman–Crippen LogP) is 1.57. The van der Waals surface area contributed by atoms with E-state index in [2.05, 4.69) is 0 Å². The summed E-state index contributed by atoms with van der Waals surface area (Å²) in [5, 5.41) is 0. The van der Waals surface area contributed by atoms with E-state index in [1.807, 2.05) is 6.92 Å². The Kier molecular flexibility index (Phi) is 3.66. The number of halogens is 1. The standard InChI is InChI=1S/C2H6FP/c1-2-4-3/h4H,2H2,1H3. The zero-order chi connectivity index (χ0) is 3.41. The SMILES string of the molecule is CCPF. The van der Waals surface area contributed by atoms with Crippen molar-refractivity contribution < 1.29 is 4.20 Å². The molecule has 0 aromatic heterocycles. The second-order valence-corrected chi connectivity index (χ2v) is 1.46. The summed E-state index contributed by atoms with van der Waals surface area (Å²) in [6, 6.07) is 0. The highest BCUT2D eigenvalue weighted by atomic mass is 31.1. The molecule has 0 aromatic carbocycles. The molecule has 2 heteroatoms. The maximum atomic E-state index is 10.8. The van der Waals surface area contributed by atoms with Gasteiger partial charge in [0.1, 0.15) is 0 Å². The minimum atomic E-state index is -0.360. The van der Waals surface area contributed by atoms with Crippen LogP contribution in [0.4, 0.5) is 4.20 Å². The van der Waals surface area contributed by atoms with Gasteiger partial charge in [-0.15, -0.1) is 0 Å². The highest BCUT2D eigenvalue weighted by molar-refractivity contribution is 7.31. The minimum absolute atomic E-state index is 0.360. The molecule has 0 fully saturated rings. The van der Waals surface area contributed by atoms with Crippen molar-refractivity contribution in [2.75, 3.05) is 6.16 Å². The summed E-state index contributed by atoms with van der Waals surface area (Å²) in [7, 11) is -0.360. The molecule has 0 aliphatic heterocycles. The normalized spacial score (nSPS) is 10.5. The molecule has 0 nitrogen and oxygen atoms in total. The molecule has 1 unspecified atom stereocenters. The maximum Gasteiger partial charge on any atom is 0.0668 e. The lowest BCUT2D eigenvalue weighted by Crippen LogP contribution is -1.42. The van der Waals surface area contributed by atoms with Gasteiger partial charge in [-0.1, -0.05) is 6.92 Å². The summed E-state index contributed by atoms with van der Waals surface area (Å²) in [6.45, 7) is 1.82. The lowest BCUT2D eigenvalue weighted by atomic mass is 11.0. The van der Waals surface area contributed by atoms with Gasteiger partial charge < -0.3 is 0 Å². The zero-order valence-electron chi connectivity index (χ0n) is 2.59. The molecule has 0 amide bonds. The lowest BCUT2D eigenvalue weighted by Gasteiger charge is -1.64. The van der Waals surface area contributed by atoms with Crippen LogP contribution in [0.5, 0.6) is 0 Å². The van der Waals surface area contributed by atoms with Crippen molar-refractivity contribution in [3.8, 4) is 0 Å². The Hall–Kier alpha value is 0.360. The first kappa shape index (κ1) is 4.36. The molecule has 0 aromatic rings. The summed E-state index contributed by atoms with van der Waals surface area (Å²) in [4.78, 5) is 0. The third-order valence-corrected chi connectivity index (χ3v) is 0.401. The Balaban J connectivity index is 1.97. The smallest absolute Gasteiger partial charge is 0.0668 e. The average Bonchev–Trinajstić information content (AvgIpc) is 1.37. The van der Waals surface area contributed by atoms with Crippen LogP contribution in [0.3, 0.4) is 0 Å². The Labute approximate surface area is 27.3 Å². The summed E-state index contributed by atoms with van der Waals surface area (Å²) >= 11 is 0. The lowest BCUT2D eigenvalue weighted by molar-refractivity contribution is 0.915. The second-order valence-electron chi connectivity index (χ2n) is 0.487. The molecule has 4 heavy (non-hydrogen) atoms. The van der Waals surface area contributed by atoms with Crippen molar-refractivity contribution in [2.45, 2.75) is 6.92 Å². The fraction of sp³-hybridized carbons (Fsp3) is 1.00. The Morgan fingerprint density at radius 1 is 2.00 bits per heavy atom. The van der Waals surface area contributed by atoms with E-state index in [4.69, 9.17) is 0 Å². The van der Waals surface area contributed by atoms with E-state index in [0.29, 0.717) is 6.16 Å². The van der Waals surface area contributed by atoms with Gasteiger partial charge in [-0.25, -0.2) is 4.20 Å². The van der Waals surface area contributed by atoms with Gasteiger partial charge in [-0.2, -0.15) is 0 Å². The van der Waals surface area contributed by atoms with Crippen LogP contribution in [0.25, 0.3) is 0 Å². The quantitative estimate of drug-likeness (QED) is 0.419. The van der Waals surface area contributed by atoms with Crippen LogP contribution >= 0.6 is 8.89 Å². The van der Waals surface area contributed by atoms with Crippen LogP contribution in [0.1, 0.15) is 6.92 Å². The van der Waals surface area contributed by atoms with Crippen molar-refractivity contribution in [2.24, 2.45) is 0 Å². The summed E-state index contributed by atoms with van der Waals surface area (Å²) in [6.07, 6.45) is 0.681. The molecule has 0 bridgehead atoms. The summed E-state index contributed by atoms with van der Waals surface area (Å²) < 4.78 is 10.8. The fourth-order valence-electron chi connectivity index (χ4n) is 0. The molecule has 0 spiro atoms. The zero-order valence-corrected chi connectivity index (χ0v) is 3.59. The first-order valence-corrected chi connectivity index (χ1v) is 2.33. The third-order valence-electron chi connectivity index (χ3n) is 0.134. The van der Waals surface area contributed by atoms with Crippen LogP contribution in [-0.2, 0) is 0 Å². The summed E-state index contributed by atoms with van der Waals surface area (Å²) in [5.41, 5.74) is 0. The number of hydrogen-bond donors (Lipinski definition) is 0. The van der Waals surface area contributed by atoms with Crippen molar-refractivity contribution in [1.82, 2.24) is 0 Å². The first-order chi connectivity index (χ1) is 1.91. The van der Waals surface area contributed by atoms with Crippen molar-refractivity contribution in [1.29, 1.82) is 0 Å². The largest absolute Gasteiger partial charge is 0.231 e. The first-order valence-electron chi connectivity index (χ1n) is 1.25. The second kappa shape index (κ2) is 3.36. The molecule has 0 aliphatic rings. The Morgan fingerprint density at radius 2 is 2.25 bits per heavy atom. The van der Waals surface area contributed by atoms with Crippen molar-refractivity contribution >= 4 is 8.89 Å². The monoisotopic (exact) mass is 80.0 g/mol. The van der Waals surface area contributed by atoms with Gasteiger partial charge >= 0.3 is 0 Å². The molecule has 26 valence electrons. The van der Waals surface area contributed by atoms with Gasteiger partial charge in [0.25, 0.3) is 0 Å². The van der Waals surface area contributed by atoms with Crippen LogP contribution in [0.2, 0.25) is 0 Å². The van der Waals surface area contributed by atoms with E-state index >= 15 is 0 Å².